The molecule has 0 unspecified atom stereocenters. The molecule has 1 aliphatic heterocycles. The Morgan fingerprint density at radius 3 is 2.26 bits per heavy atom. The molecule has 1 amide bonds. The van der Waals surface area contributed by atoms with Crippen molar-refractivity contribution in [3.8, 4) is 0 Å². The molecule has 0 radical (unpaired) electrons. The summed E-state index contributed by atoms with van der Waals surface area (Å²) in [6, 6.07) is 0. The highest BCUT2D eigenvalue weighted by molar-refractivity contribution is 5.78. The van der Waals surface area contributed by atoms with Crippen molar-refractivity contribution < 1.29 is 18.0 Å². The van der Waals surface area contributed by atoms with Crippen molar-refractivity contribution in [3.63, 3.8) is 0 Å². The minimum absolute atomic E-state index is 0.246. The van der Waals surface area contributed by atoms with Crippen LogP contribution in [-0.4, -0.2) is 67.7 Å². The van der Waals surface area contributed by atoms with Crippen molar-refractivity contribution in [1.82, 2.24) is 15.1 Å². The first-order valence-electron chi connectivity index (χ1n) is 6.55. The molecule has 0 spiro atoms. The molecule has 1 aliphatic rings. The Labute approximate surface area is 111 Å². The van der Waals surface area contributed by atoms with Crippen molar-refractivity contribution in [2.45, 2.75) is 20.0 Å². The molecule has 0 bridgehead atoms. The van der Waals surface area contributed by atoms with E-state index in [2.05, 4.69) is 24.1 Å². The van der Waals surface area contributed by atoms with Gasteiger partial charge in [-0.2, -0.15) is 13.2 Å². The van der Waals surface area contributed by atoms with Crippen molar-refractivity contribution in [2.24, 2.45) is 5.92 Å². The van der Waals surface area contributed by atoms with Crippen LogP contribution in [0.1, 0.15) is 13.8 Å². The number of rotatable bonds is 5. The summed E-state index contributed by atoms with van der Waals surface area (Å²) in [5.74, 6) is 0.323. The Balaban J connectivity index is 2.22. The number of hydrogen-bond acceptors (Lipinski definition) is 3. The molecular weight excluding hydrogens is 259 g/mol. The number of hydrogen-bond donors (Lipinski definition) is 1. The zero-order valence-corrected chi connectivity index (χ0v) is 11.5. The number of carbonyl (C=O) groups is 1. The minimum Gasteiger partial charge on any atom is -0.339 e. The summed E-state index contributed by atoms with van der Waals surface area (Å²) in [5, 5.41) is 2.14. The van der Waals surface area contributed by atoms with Gasteiger partial charge in [-0.05, 0) is 5.92 Å². The number of halogens is 3. The van der Waals surface area contributed by atoms with Gasteiger partial charge in [-0.25, -0.2) is 0 Å². The zero-order valence-electron chi connectivity index (χ0n) is 11.5. The lowest BCUT2D eigenvalue weighted by Crippen LogP contribution is -2.51. The average molecular weight is 281 g/mol. The second-order valence-corrected chi connectivity index (χ2v) is 5.29. The first-order chi connectivity index (χ1) is 8.78. The molecule has 1 fully saturated rings. The zero-order chi connectivity index (χ0) is 14.5. The van der Waals surface area contributed by atoms with Crippen LogP contribution in [0.3, 0.4) is 0 Å². The van der Waals surface area contributed by atoms with E-state index in [0.29, 0.717) is 19.0 Å². The van der Waals surface area contributed by atoms with Gasteiger partial charge in [0.2, 0.25) is 5.91 Å². The Kier molecular flexibility index (Phi) is 6.06. The molecule has 1 saturated heterocycles. The summed E-state index contributed by atoms with van der Waals surface area (Å²) < 4.78 is 35.8. The molecule has 0 saturated carbocycles. The predicted molar refractivity (Wildman–Crippen MR) is 66.8 cm³/mol. The average Bonchev–Trinajstić information content (AvgIpc) is 2.27. The minimum atomic E-state index is -4.27. The molecule has 1 heterocycles. The van der Waals surface area contributed by atoms with Crippen LogP contribution in [0, 0.1) is 5.92 Å². The van der Waals surface area contributed by atoms with Crippen LogP contribution in [-0.2, 0) is 4.79 Å². The highest BCUT2D eigenvalue weighted by Crippen LogP contribution is 2.12. The monoisotopic (exact) mass is 281 g/mol. The van der Waals surface area contributed by atoms with Crippen molar-refractivity contribution in [1.29, 1.82) is 0 Å². The lowest BCUT2D eigenvalue weighted by atomic mass is 10.2. The van der Waals surface area contributed by atoms with Gasteiger partial charge in [0.25, 0.3) is 0 Å². The second-order valence-electron chi connectivity index (χ2n) is 5.29. The first kappa shape index (κ1) is 16.2. The van der Waals surface area contributed by atoms with Crippen LogP contribution in [0.5, 0.6) is 0 Å². The number of piperazine rings is 1. The summed E-state index contributed by atoms with van der Waals surface area (Å²) in [7, 11) is 0. The van der Waals surface area contributed by atoms with E-state index in [9.17, 15) is 18.0 Å². The van der Waals surface area contributed by atoms with Gasteiger partial charge in [-0.3, -0.25) is 9.69 Å². The SMILES string of the molecule is CC(C)CN1CCN(C(=O)CNCC(F)(F)F)CC1. The Hall–Kier alpha value is -0.820. The fourth-order valence-corrected chi connectivity index (χ4v) is 2.12. The van der Waals surface area contributed by atoms with Gasteiger partial charge in [-0.1, -0.05) is 13.8 Å². The van der Waals surface area contributed by atoms with E-state index in [-0.39, 0.29) is 12.5 Å². The van der Waals surface area contributed by atoms with Crippen LogP contribution in [0.4, 0.5) is 13.2 Å². The van der Waals surface area contributed by atoms with E-state index in [1.807, 2.05) is 0 Å². The molecule has 0 aromatic heterocycles. The second kappa shape index (κ2) is 7.09. The summed E-state index contributed by atoms with van der Waals surface area (Å²) in [6.45, 7) is 6.69. The fourth-order valence-electron chi connectivity index (χ4n) is 2.12. The molecule has 19 heavy (non-hydrogen) atoms. The largest absolute Gasteiger partial charge is 0.401 e. The van der Waals surface area contributed by atoms with Gasteiger partial charge in [0.15, 0.2) is 0 Å². The molecule has 0 aromatic carbocycles. The topological polar surface area (TPSA) is 35.6 Å². The van der Waals surface area contributed by atoms with E-state index in [0.717, 1.165) is 19.6 Å². The fraction of sp³-hybridized carbons (Fsp3) is 0.917. The summed E-state index contributed by atoms with van der Waals surface area (Å²) in [4.78, 5) is 15.6. The molecule has 7 heteroatoms. The third-order valence-corrected chi connectivity index (χ3v) is 2.95. The Morgan fingerprint density at radius 1 is 1.21 bits per heavy atom. The van der Waals surface area contributed by atoms with Crippen molar-refractivity contribution in [2.75, 3.05) is 45.8 Å². The van der Waals surface area contributed by atoms with E-state index < -0.39 is 12.7 Å². The van der Waals surface area contributed by atoms with Crippen molar-refractivity contribution in [3.05, 3.63) is 0 Å². The first-order valence-corrected chi connectivity index (χ1v) is 6.55. The third-order valence-electron chi connectivity index (χ3n) is 2.95. The molecular formula is C12H22F3N3O. The standard InChI is InChI=1S/C12H22F3N3O/c1-10(2)8-17-3-5-18(6-4-17)11(19)7-16-9-12(13,14)15/h10,16H,3-9H2,1-2H3. The molecule has 1 N–H and O–H groups in total. The van der Waals surface area contributed by atoms with Crippen LogP contribution in [0.15, 0.2) is 0 Å². The van der Waals surface area contributed by atoms with Crippen LogP contribution in [0.25, 0.3) is 0 Å². The molecule has 1 rings (SSSR count). The molecule has 0 atom stereocenters. The normalized spacial score (nSPS) is 18.1. The quantitative estimate of drug-likeness (QED) is 0.814. The number of carbonyl (C=O) groups excluding carboxylic acids is 1. The van der Waals surface area contributed by atoms with E-state index >= 15 is 0 Å². The summed E-state index contributed by atoms with van der Waals surface area (Å²) >= 11 is 0. The summed E-state index contributed by atoms with van der Waals surface area (Å²) in [6.07, 6.45) is -4.27. The number of nitrogens with one attached hydrogen (secondary N) is 1. The van der Waals surface area contributed by atoms with Crippen LogP contribution >= 0.6 is 0 Å². The number of nitrogens with zero attached hydrogens (tertiary/aromatic N) is 2. The van der Waals surface area contributed by atoms with E-state index in [1.165, 1.54) is 0 Å². The predicted octanol–water partition coefficient (Wildman–Crippen LogP) is 0.938. The lowest BCUT2D eigenvalue weighted by molar-refractivity contribution is -0.135. The molecule has 112 valence electrons. The van der Waals surface area contributed by atoms with E-state index in [4.69, 9.17) is 0 Å². The maximum atomic E-state index is 11.9. The van der Waals surface area contributed by atoms with Gasteiger partial charge in [0.05, 0.1) is 13.1 Å². The maximum Gasteiger partial charge on any atom is 0.401 e. The van der Waals surface area contributed by atoms with Crippen molar-refractivity contribution >= 4 is 5.91 Å². The summed E-state index contributed by atoms with van der Waals surface area (Å²) in [5.41, 5.74) is 0. The highest BCUT2D eigenvalue weighted by atomic mass is 19.4. The third kappa shape index (κ3) is 6.77. The molecule has 0 aliphatic carbocycles. The van der Waals surface area contributed by atoms with Crippen LogP contribution < -0.4 is 5.32 Å². The number of amides is 1. The van der Waals surface area contributed by atoms with Crippen LogP contribution in [0.2, 0.25) is 0 Å². The molecule has 0 aromatic rings. The van der Waals surface area contributed by atoms with Gasteiger partial charge in [0.1, 0.15) is 0 Å². The van der Waals surface area contributed by atoms with Gasteiger partial charge in [0, 0.05) is 32.7 Å². The maximum absolute atomic E-state index is 11.9. The molecule has 4 nitrogen and oxygen atoms in total. The van der Waals surface area contributed by atoms with E-state index in [1.54, 1.807) is 4.90 Å². The lowest BCUT2D eigenvalue weighted by Gasteiger charge is -2.35. The Morgan fingerprint density at radius 2 is 1.79 bits per heavy atom. The smallest absolute Gasteiger partial charge is 0.339 e. The highest BCUT2D eigenvalue weighted by Gasteiger charge is 2.27. The van der Waals surface area contributed by atoms with Gasteiger partial charge >= 0.3 is 6.18 Å². The Bertz CT molecular complexity index is 286. The number of alkyl halides is 3. The van der Waals surface area contributed by atoms with Gasteiger partial charge in [-0.15, -0.1) is 0 Å². The van der Waals surface area contributed by atoms with Gasteiger partial charge < -0.3 is 10.2 Å².